The maximum absolute atomic E-state index is 11.6. The molecule has 0 aliphatic heterocycles. The first kappa shape index (κ1) is 13.7. The maximum Gasteiger partial charge on any atom is 0.303 e. The van der Waals surface area contributed by atoms with Crippen LogP contribution in [0, 0.1) is 18.3 Å². The summed E-state index contributed by atoms with van der Waals surface area (Å²) in [6.45, 7) is 2.05. The first-order valence-electron chi connectivity index (χ1n) is 5.29. The fraction of sp³-hybridized carbons (Fsp3) is 0.667. The quantitative estimate of drug-likeness (QED) is 0.625. The Labute approximate surface area is 90.9 Å². The Hall–Kier alpha value is -1.30. The van der Waals surface area contributed by atoms with Crippen molar-refractivity contribution in [3.63, 3.8) is 0 Å². The van der Waals surface area contributed by atoms with Crippen LogP contribution in [0.5, 0.6) is 0 Å². The molecule has 0 radical (unpaired) electrons. The van der Waals surface area contributed by atoms with Crippen LogP contribution in [0.3, 0.4) is 0 Å². The van der Waals surface area contributed by atoms with Crippen molar-refractivity contribution in [2.75, 3.05) is 0 Å². The highest BCUT2D eigenvalue weighted by molar-refractivity contribution is 5.84. The number of hydrogen-bond acceptors (Lipinski definition) is 2. The molecule has 0 amide bonds. The van der Waals surface area contributed by atoms with Crippen LogP contribution in [-0.4, -0.2) is 16.9 Å². The average Bonchev–Trinajstić information content (AvgIpc) is 2.20. The monoisotopic (exact) mass is 210 g/mol. The molecule has 0 aliphatic rings. The van der Waals surface area contributed by atoms with Crippen molar-refractivity contribution in [2.45, 2.75) is 45.4 Å². The third kappa shape index (κ3) is 6.73. The highest BCUT2D eigenvalue weighted by atomic mass is 16.4. The predicted octanol–water partition coefficient (Wildman–Crippen LogP) is 2.25. The number of carboxylic acids is 1. The van der Waals surface area contributed by atoms with Gasteiger partial charge in [-0.2, -0.15) is 0 Å². The second kappa shape index (κ2) is 8.05. The van der Waals surface area contributed by atoms with E-state index in [0.29, 0.717) is 6.42 Å². The van der Waals surface area contributed by atoms with Crippen molar-refractivity contribution in [2.24, 2.45) is 5.92 Å². The molecule has 0 fully saturated rings. The van der Waals surface area contributed by atoms with Gasteiger partial charge in [-0.1, -0.05) is 19.8 Å². The zero-order valence-corrected chi connectivity index (χ0v) is 9.16. The number of rotatable bonds is 8. The lowest BCUT2D eigenvalue weighted by molar-refractivity contribution is -0.139. The van der Waals surface area contributed by atoms with Crippen LogP contribution in [0.15, 0.2) is 0 Å². The van der Waals surface area contributed by atoms with Crippen LogP contribution < -0.4 is 0 Å². The first-order valence-corrected chi connectivity index (χ1v) is 5.29. The summed E-state index contributed by atoms with van der Waals surface area (Å²) in [4.78, 5) is 21.9. The van der Waals surface area contributed by atoms with Crippen molar-refractivity contribution in [1.29, 1.82) is 0 Å². The fourth-order valence-electron chi connectivity index (χ4n) is 1.40. The lowest BCUT2D eigenvalue weighted by Gasteiger charge is -2.11. The SMILES string of the molecule is C#CCC(CCCC)C(=O)CCC(=O)O. The number of aliphatic carboxylic acids is 1. The summed E-state index contributed by atoms with van der Waals surface area (Å²) in [5, 5.41) is 8.46. The van der Waals surface area contributed by atoms with Gasteiger partial charge in [0, 0.05) is 18.8 Å². The van der Waals surface area contributed by atoms with Gasteiger partial charge in [-0.15, -0.1) is 12.3 Å². The topological polar surface area (TPSA) is 54.4 Å². The van der Waals surface area contributed by atoms with Gasteiger partial charge in [-0.3, -0.25) is 9.59 Å². The highest BCUT2D eigenvalue weighted by Crippen LogP contribution is 2.16. The zero-order valence-electron chi connectivity index (χ0n) is 9.16. The van der Waals surface area contributed by atoms with Crippen LogP contribution in [0.2, 0.25) is 0 Å². The number of terminal acetylenes is 1. The van der Waals surface area contributed by atoms with E-state index in [-0.39, 0.29) is 24.5 Å². The normalized spacial score (nSPS) is 11.7. The highest BCUT2D eigenvalue weighted by Gasteiger charge is 2.17. The van der Waals surface area contributed by atoms with Crippen LogP contribution in [-0.2, 0) is 9.59 Å². The van der Waals surface area contributed by atoms with E-state index in [4.69, 9.17) is 11.5 Å². The smallest absolute Gasteiger partial charge is 0.303 e. The van der Waals surface area contributed by atoms with E-state index in [1.165, 1.54) is 0 Å². The number of ketones is 1. The fourth-order valence-corrected chi connectivity index (χ4v) is 1.40. The summed E-state index contributed by atoms with van der Waals surface area (Å²) in [5.74, 6) is 1.39. The molecule has 0 bridgehead atoms. The number of Topliss-reactive ketones (excluding diaryl/α,β-unsaturated/α-hetero) is 1. The van der Waals surface area contributed by atoms with E-state index in [9.17, 15) is 9.59 Å². The van der Waals surface area contributed by atoms with Gasteiger partial charge in [0.2, 0.25) is 0 Å². The zero-order chi connectivity index (χ0) is 11.7. The Balaban J connectivity index is 4.04. The van der Waals surface area contributed by atoms with E-state index >= 15 is 0 Å². The summed E-state index contributed by atoms with van der Waals surface area (Å²) in [5.41, 5.74) is 0. The molecule has 3 heteroatoms. The molecule has 0 aromatic heterocycles. The third-order valence-corrected chi connectivity index (χ3v) is 2.31. The molecule has 0 heterocycles. The summed E-state index contributed by atoms with van der Waals surface area (Å²) >= 11 is 0. The first-order chi connectivity index (χ1) is 7.11. The molecule has 0 saturated heterocycles. The molecule has 0 rings (SSSR count). The summed E-state index contributed by atoms with van der Waals surface area (Å²) < 4.78 is 0. The number of carbonyl (C=O) groups excluding carboxylic acids is 1. The van der Waals surface area contributed by atoms with Crippen molar-refractivity contribution in [1.82, 2.24) is 0 Å². The van der Waals surface area contributed by atoms with Crippen LogP contribution in [0.25, 0.3) is 0 Å². The lowest BCUT2D eigenvalue weighted by atomic mass is 9.92. The summed E-state index contributed by atoms with van der Waals surface area (Å²) in [6, 6.07) is 0. The average molecular weight is 210 g/mol. The second-order valence-electron chi connectivity index (χ2n) is 3.61. The Morgan fingerprint density at radius 3 is 2.53 bits per heavy atom. The third-order valence-electron chi connectivity index (χ3n) is 2.31. The van der Waals surface area contributed by atoms with Gasteiger partial charge < -0.3 is 5.11 Å². The number of carboxylic acid groups (broad SMARTS) is 1. The summed E-state index contributed by atoms with van der Waals surface area (Å²) in [7, 11) is 0. The van der Waals surface area contributed by atoms with Crippen molar-refractivity contribution >= 4 is 11.8 Å². The van der Waals surface area contributed by atoms with E-state index in [1.807, 2.05) is 0 Å². The summed E-state index contributed by atoms with van der Waals surface area (Å²) in [6.07, 6.45) is 8.38. The minimum atomic E-state index is -0.932. The molecule has 1 unspecified atom stereocenters. The molecular weight excluding hydrogens is 192 g/mol. The number of hydrogen-bond donors (Lipinski definition) is 1. The van der Waals surface area contributed by atoms with Gasteiger partial charge in [-0.25, -0.2) is 0 Å². The Morgan fingerprint density at radius 2 is 2.07 bits per heavy atom. The van der Waals surface area contributed by atoms with E-state index in [1.54, 1.807) is 0 Å². The van der Waals surface area contributed by atoms with Gasteiger partial charge in [0.05, 0.1) is 6.42 Å². The van der Waals surface area contributed by atoms with Gasteiger partial charge in [0.25, 0.3) is 0 Å². The predicted molar refractivity (Wildman–Crippen MR) is 58.3 cm³/mol. The molecule has 3 nitrogen and oxygen atoms in total. The van der Waals surface area contributed by atoms with Gasteiger partial charge in [0.15, 0.2) is 0 Å². The standard InChI is InChI=1S/C12H18O3/c1-3-5-7-10(6-4-2)11(13)8-9-12(14)15/h2,10H,3,5-9H2,1H3,(H,14,15). The van der Waals surface area contributed by atoms with Gasteiger partial charge >= 0.3 is 5.97 Å². The van der Waals surface area contributed by atoms with E-state index in [2.05, 4.69) is 12.8 Å². The Kier molecular flexibility index (Phi) is 7.35. The lowest BCUT2D eigenvalue weighted by Crippen LogP contribution is -2.15. The van der Waals surface area contributed by atoms with Crippen molar-refractivity contribution in [3.05, 3.63) is 0 Å². The minimum absolute atomic E-state index is 0.0104. The second-order valence-corrected chi connectivity index (χ2v) is 3.61. The molecular formula is C12H18O3. The number of carbonyl (C=O) groups is 2. The van der Waals surface area contributed by atoms with Crippen LogP contribution in [0.4, 0.5) is 0 Å². The van der Waals surface area contributed by atoms with E-state index < -0.39 is 5.97 Å². The Morgan fingerprint density at radius 1 is 1.40 bits per heavy atom. The molecule has 1 N–H and O–H groups in total. The molecule has 84 valence electrons. The van der Waals surface area contributed by atoms with Crippen LogP contribution >= 0.6 is 0 Å². The minimum Gasteiger partial charge on any atom is -0.481 e. The van der Waals surface area contributed by atoms with Gasteiger partial charge in [-0.05, 0) is 6.42 Å². The van der Waals surface area contributed by atoms with Gasteiger partial charge in [0.1, 0.15) is 5.78 Å². The molecule has 15 heavy (non-hydrogen) atoms. The molecule has 0 saturated carbocycles. The maximum atomic E-state index is 11.6. The number of unbranched alkanes of at least 4 members (excludes halogenated alkanes) is 1. The molecule has 0 aliphatic carbocycles. The van der Waals surface area contributed by atoms with Crippen molar-refractivity contribution in [3.8, 4) is 12.3 Å². The molecule has 1 atom stereocenters. The van der Waals surface area contributed by atoms with Crippen LogP contribution in [0.1, 0.15) is 45.4 Å². The van der Waals surface area contributed by atoms with E-state index in [0.717, 1.165) is 19.3 Å². The van der Waals surface area contributed by atoms with Crippen molar-refractivity contribution < 1.29 is 14.7 Å². The molecule has 0 aromatic carbocycles. The largest absolute Gasteiger partial charge is 0.481 e. The molecule has 0 aromatic rings. The Bertz CT molecular complexity index is 250. The molecule has 0 spiro atoms.